The van der Waals surface area contributed by atoms with Crippen LogP contribution in [-0.4, -0.2) is 16.1 Å². The molecule has 0 atom stereocenters. The van der Waals surface area contributed by atoms with Crippen molar-refractivity contribution in [3.63, 3.8) is 0 Å². The van der Waals surface area contributed by atoms with Crippen LogP contribution in [0, 0.1) is 0 Å². The van der Waals surface area contributed by atoms with Crippen LogP contribution >= 0.6 is 38.9 Å². The third-order valence-corrected chi connectivity index (χ3v) is 4.32. The molecule has 1 N–H and O–H groups in total. The summed E-state index contributed by atoms with van der Waals surface area (Å²) >= 11 is 10.2. The molecule has 0 unspecified atom stereocenters. The van der Waals surface area contributed by atoms with Crippen LogP contribution in [0.2, 0.25) is 5.02 Å². The molecule has 2 heterocycles. The van der Waals surface area contributed by atoms with Crippen LogP contribution in [0.3, 0.4) is 0 Å². The molecule has 2 aromatic heterocycles. The minimum absolute atomic E-state index is 0.223. The molecule has 0 saturated heterocycles. The van der Waals surface area contributed by atoms with Crippen molar-refractivity contribution in [1.29, 1.82) is 0 Å². The number of hydrogen-bond acceptors (Lipinski definition) is 3. The summed E-state index contributed by atoms with van der Waals surface area (Å²) in [6.07, 6.45) is 1.55. The Morgan fingerprint density at radius 3 is 2.93 bits per heavy atom. The topological polar surface area (TPSA) is 50.2 Å². The van der Waals surface area contributed by atoms with E-state index in [0.717, 1.165) is 11.3 Å². The van der Waals surface area contributed by atoms with Gasteiger partial charge < -0.3 is 5.11 Å². The van der Waals surface area contributed by atoms with Gasteiger partial charge in [-0.05, 0) is 22.0 Å². The van der Waals surface area contributed by atoms with Crippen LogP contribution in [0.1, 0.15) is 9.67 Å². The highest BCUT2D eigenvalue weighted by molar-refractivity contribution is 9.10. The zero-order valence-corrected chi connectivity index (χ0v) is 9.78. The summed E-state index contributed by atoms with van der Waals surface area (Å²) in [5.74, 6) is -0.976. The first-order chi connectivity index (χ1) is 6.61. The summed E-state index contributed by atoms with van der Waals surface area (Å²) < 4.78 is 1.19. The second-order valence-corrected chi connectivity index (χ2v) is 4.74. The standard InChI is InChI=1S/C8H3BrClNO2S/c9-4-5-6(3(10)1-2-11-5)14-7(4)8(12)13/h1-2H,(H,12,13). The number of aromatic nitrogens is 1. The highest BCUT2D eigenvalue weighted by atomic mass is 79.9. The number of pyridine rings is 1. The van der Waals surface area contributed by atoms with Gasteiger partial charge in [-0.25, -0.2) is 4.79 Å². The fraction of sp³-hybridized carbons (Fsp3) is 0. The minimum Gasteiger partial charge on any atom is -0.477 e. The van der Waals surface area contributed by atoms with Gasteiger partial charge in [0.2, 0.25) is 0 Å². The molecular formula is C8H3BrClNO2S. The fourth-order valence-electron chi connectivity index (χ4n) is 1.07. The van der Waals surface area contributed by atoms with E-state index in [1.165, 1.54) is 0 Å². The van der Waals surface area contributed by atoms with Crippen molar-refractivity contribution in [3.8, 4) is 0 Å². The van der Waals surface area contributed by atoms with Gasteiger partial charge in [0, 0.05) is 6.20 Å². The Bertz CT molecular complexity index is 525. The molecule has 0 aliphatic heterocycles. The molecule has 72 valence electrons. The lowest BCUT2D eigenvalue weighted by Crippen LogP contribution is -1.91. The van der Waals surface area contributed by atoms with Crippen LogP contribution < -0.4 is 0 Å². The highest BCUT2D eigenvalue weighted by Crippen LogP contribution is 2.37. The van der Waals surface area contributed by atoms with Crippen LogP contribution in [0.25, 0.3) is 10.2 Å². The molecule has 3 nitrogen and oxygen atoms in total. The number of carboxylic acids is 1. The second kappa shape index (κ2) is 3.49. The predicted molar refractivity (Wildman–Crippen MR) is 59.3 cm³/mol. The van der Waals surface area contributed by atoms with Crippen molar-refractivity contribution in [2.45, 2.75) is 0 Å². The second-order valence-electron chi connectivity index (χ2n) is 2.52. The Labute approximate surface area is 96.5 Å². The fourth-order valence-corrected chi connectivity index (χ4v) is 3.07. The third kappa shape index (κ3) is 1.41. The van der Waals surface area contributed by atoms with E-state index in [2.05, 4.69) is 20.9 Å². The Balaban J connectivity index is 2.86. The molecule has 6 heteroatoms. The van der Waals surface area contributed by atoms with Gasteiger partial charge in [0.25, 0.3) is 0 Å². The molecule has 2 aromatic rings. The summed E-state index contributed by atoms with van der Waals surface area (Å²) in [5.41, 5.74) is 0.597. The molecule has 0 aliphatic rings. The number of halogens is 2. The van der Waals surface area contributed by atoms with Gasteiger partial charge in [0.1, 0.15) is 4.88 Å². The summed E-state index contributed by atoms with van der Waals surface area (Å²) in [6.45, 7) is 0. The predicted octanol–water partition coefficient (Wildman–Crippen LogP) is 3.41. The molecule has 2 rings (SSSR count). The number of carbonyl (C=O) groups is 1. The van der Waals surface area contributed by atoms with Gasteiger partial charge in [-0.2, -0.15) is 0 Å². The molecule has 0 spiro atoms. The van der Waals surface area contributed by atoms with E-state index in [1.54, 1.807) is 12.3 Å². The number of hydrogen-bond donors (Lipinski definition) is 1. The highest BCUT2D eigenvalue weighted by Gasteiger charge is 2.17. The van der Waals surface area contributed by atoms with Crippen molar-refractivity contribution in [1.82, 2.24) is 4.98 Å². The van der Waals surface area contributed by atoms with E-state index in [4.69, 9.17) is 16.7 Å². The van der Waals surface area contributed by atoms with E-state index < -0.39 is 5.97 Å². The zero-order valence-electron chi connectivity index (χ0n) is 6.62. The number of nitrogens with zero attached hydrogens (tertiary/aromatic N) is 1. The molecule has 0 aromatic carbocycles. The van der Waals surface area contributed by atoms with Gasteiger partial charge >= 0.3 is 5.97 Å². The average Bonchev–Trinajstić information content (AvgIpc) is 2.46. The van der Waals surface area contributed by atoms with E-state index in [0.29, 0.717) is 19.7 Å². The summed E-state index contributed by atoms with van der Waals surface area (Å²) in [6, 6.07) is 1.64. The van der Waals surface area contributed by atoms with E-state index in [9.17, 15) is 4.79 Å². The maximum atomic E-state index is 10.8. The van der Waals surface area contributed by atoms with Crippen molar-refractivity contribution in [2.75, 3.05) is 0 Å². The SMILES string of the molecule is O=C(O)c1sc2c(Cl)ccnc2c1Br. The lowest BCUT2D eigenvalue weighted by molar-refractivity contribution is 0.0701. The first kappa shape index (κ1) is 9.89. The van der Waals surface area contributed by atoms with Crippen molar-refractivity contribution < 1.29 is 9.90 Å². The summed E-state index contributed by atoms with van der Waals surface area (Å²) in [5, 5.41) is 9.39. The number of carboxylic acid groups (broad SMARTS) is 1. The molecule has 14 heavy (non-hydrogen) atoms. The van der Waals surface area contributed by atoms with Gasteiger partial charge in [-0.15, -0.1) is 11.3 Å². The molecule has 0 aliphatic carbocycles. The molecular weight excluding hydrogens is 290 g/mol. The zero-order chi connectivity index (χ0) is 10.3. The number of thiophene rings is 1. The van der Waals surface area contributed by atoms with Crippen LogP contribution in [0.4, 0.5) is 0 Å². The maximum absolute atomic E-state index is 10.8. The van der Waals surface area contributed by atoms with Crippen molar-refractivity contribution in [3.05, 3.63) is 26.6 Å². The van der Waals surface area contributed by atoms with E-state index in [1.807, 2.05) is 0 Å². The quantitative estimate of drug-likeness (QED) is 0.876. The van der Waals surface area contributed by atoms with Gasteiger partial charge in [-0.1, -0.05) is 11.6 Å². The van der Waals surface area contributed by atoms with Gasteiger partial charge in [0.15, 0.2) is 0 Å². The maximum Gasteiger partial charge on any atom is 0.347 e. The lowest BCUT2D eigenvalue weighted by Gasteiger charge is -1.90. The number of rotatable bonds is 1. The summed E-state index contributed by atoms with van der Waals surface area (Å²) in [7, 11) is 0. The third-order valence-electron chi connectivity index (χ3n) is 1.66. The molecule has 0 fully saturated rings. The normalized spacial score (nSPS) is 10.7. The van der Waals surface area contributed by atoms with Crippen molar-refractivity contribution >= 4 is 55.1 Å². The van der Waals surface area contributed by atoms with Gasteiger partial charge in [-0.3, -0.25) is 4.98 Å². The largest absolute Gasteiger partial charge is 0.477 e. The molecule has 0 amide bonds. The van der Waals surface area contributed by atoms with Crippen LogP contribution in [-0.2, 0) is 0 Å². The van der Waals surface area contributed by atoms with Crippen LogP contribution in [0.15, 0.2) is 16.7 Å². The Kier molecular flexibility index (Phi) is 2.47. The Hall–Kier alpha value is -0.650. The van der Waals surface area contributed by atoms with Crippen molar-refractivity contribution in [2.24, 2.45) is 0 Å². The Morgan fingerprint density at radius 2 is 2.36 bits per heavy atom. The molecule has 0 bridgehead atoms. The number of aromatic carboxylic acids is 1. The van der Waals surface area contributed by atoms with E-state index >= 15 is 0 Å². The smallest absolute Gasteiger partial charge is 0.347 e. The Morgan fingerprint density at radius 1 is 1.64 bits per heavy atom. The summed E-state index contributed by atoms with van der Waals surface area (Å²) in [4.78, 5) is 15.1. The average molecular weight is 293 g/mol. The minimum atomic E-state index is -0.976. The monoisotopic (exact) mass is 291 g/mol. The lowest BCUT2D eigenvalue weighted by atomic mass is 10.4. The van der Waals surface area contributed by atoms with Crippen LogP contribution in [0.5, 0.6) is 0 Å². The number of fused-ring (bicyclic) bond motifs is 1. The first-order valence-electron chi connectivity index (χ1n) is 3.57. The molecule has 0 radical (unpaired) electrons. The molecule has 0 saturated carbocycles. The van der Waals surface area contributed by atoms with Gasteiger partial charge in [0.05, 0.1) is 19.7 Å². The first-order valence-corrected chi connectivity index (χ1v) is 5.56. The van der Waals surface area contributed by atoms with E-state index in [-0.39, 0.29) is 4.88 Å².